The average molecular weight is 236 g/mol. The summed E-state index contributed by atoms with van der Waals surface area (Å²) >= 11 is 0. The Hall–Kier alpha value is -0.346. The molecule has 0 aromatic carbocycles. The van der Waals surface area contributed by atoms with Gasteiger partial charge in [-0.2, -0.15) is 0 Å². The molecular formula is C7H7N4Y-. The van der Waals surface area contributed by atoms with Gasteiger partial charge < -0.3 is 9.97 Å². The van der Waals surface area contributed by atoms with Gasteiger partial charge >= 0.3 is 0 Å². The van der Waals surface area contributed by atoms with Gasteiger partial charge in [0.05, 0.1) is 0 Å². The Labute approximate surface area is 95.1 Å². The molecule has 0 saturated carbocycles. The second-order valence-corrected chi connectivity index (χ2v) is 2.40. The summed E-state index contributed by atoms with van der Waals surface area (Å²) in [6.07, 6.45) is 2.63. The molecule has 0 bridgehead atoms. The fourth-order valence-corrected chi connectivity index (χ4v) is 1.06. The second-order valence-electron chi connectivity index (χ2n) is 2.40. The number of aromatic nitrogens is 4. The summed E-state index contributed by atoms with van der Waals surface area (Å²) < 4.78 is 0. The predicted octanol–water partition coefficient (Wildman–Crippen LogP) is 0.767. The Morgan fingerprint density at radius 1 is 1.25 bits per heavy atom. The van der Waals surface area contributed by atoms with Crippen LogP contribution in [0.25, 0.3) is 11.2 Å². The molecule has 0 fully saturated rings. The topological polar surface area (TPSA) is 54.5 Å². The van der Waals surface area contributed by atoms with Crippen molar-refractivity contribution in [2.45, 2.75) is 13.8 Å². The summed E-state index contributed by atoms with van der Waals surface area (Å²) in [6.45, 7) is 3.76. The van der Waals surface area contributed by atoms with E-state index < -0.39 is 0 Å². The van der Waals surface area contributed by atoms with E-state index in [1.165, 1.54) is 0 Å². The molecule has 0 spiro atoms. The molecule has 12 heavy (non-hydrogen) atoms. The van der Waals surface area contributed by atoms with Crippen LogP contribution in [0.5, 0.6) is 0 Å². The van der Waals surface area contributed by atoms with Gasteiger partial charge in [-0.05, 0) is 25.7 Å². The normalized spacial score (nSPS) is 9.83. The van der Waals surface area contributed by atoms with E-state index in [9.17, 15) is 0 Å². The van der Waals surface area contributed by atoms with E-state index in [4.69, 9.17) is 0 Å². The van der Waals surface area contributed by atoms with Crippen molar-refractivity contribution >= 4 is 11.2 Å². The maximum atomic E-state index is 4.16. The summed E-state index contributed by atoms with van der Waals surface area (Å²) in [4.78, 5) is 15.1. The predicted molar refractivity (Wildman–Crippen MR) is 40.0 cm³/mol. The molecule has 0 aliphatic carbocycles. The zero-order chi connectivity index (χ0) is 7.84. The Morgan fingerprint density at radius 2 is 2.00 bits per heavy atom. The van der Waals surface area contributed by atoms with E-state index in [1.807, 2.05) is 13.8 Å². The molecule has 2 heterocycles. The Balaban J connectivity index is 0.000000720. The van der Waals surface area contributed by atoms with Crippen LogP contribution >= 0.6 is 0 Å². The van der Waals surface area contributed by atoms with Gasteiger partial charge in [-0.3, -0.25) is 9.97 Å². The van der Waals surface area contributed by atoms with Gasteiger partial charge in [0.1, 0.15) is 5.82 Å². The van der Waals surface area contributed by atoms with E-state index in [-0.39, 0.29) is 32.7 Å². The number of H-pyrrole nitrogens is 1. The smallest absolute Gasteiger partial charge is 0.112 e. The van der Waals surface area contributed by atoms with Crippen molar-refractivity contribution < 1.29 is 32.7 Å². The first-order chi connectivity index (χ1) is 5.27. The molecule has 0 saturated heterocycles. The Morgan fingerprint density at radius 3 is 2.75 bits per heavy atom. The number of nitrogens with zero attached hydrogens (tertiary/aromatic N) is 3. The molecule has 59 valence electrons. The van der Waals surface area contributed by atoms with Crippen LogP contribution in [0.4, 0.5) is 0 Å². The van der Waals surface area contributed by atoms with Crippen LogP contribution in [0.15, 0.2) is 0 Å². The molecule has 0 atom stereocenters. The number of aromatic amines is 1. The van der Waals surface area contributed by atoms with Crippen molar-refractivity contribution in [3.8, 4) is 0 Å². The van der Waals surface area contributed by atoms with Gasteiger partial charge in [0.2, 0.25) is 0 Å². The first kappa shape index (κ1) is 9.74. The number of aryl methyl sites for hydroxylation is 2. The minimum atomic E-state index is 0. The van der Waals surface area contributed by atoms with Crippen LogP contribution < -0.4 is 0 Å². The standard InChI is InChI=1S/C7H7N4.Y/c1-4-6-7(9-3-8-6)11-5(2)10-4;/h1-2H3,(H,8,9,10,11);/q-1;. The molecule has 4 nitrogen and oxygen atoms in total. The van der Waals surface area contributed by atoms with Crippen LogP contribution in [0.3, 0.4) is 0 Å². The molecule has 1 N–H and O–H groups in total. The number of rotatable bonds is 0. The second kappa shape index (κ2) is 3.58. The largest absolute Gasteiger partial charge is 0.446 e. The summed E-state index contributed by atoms with van der Waals surface area (Å²) in [5.41, 5.74) is 2.45. The van der Waals surface area contributed by atoms with E-state index in [0.717, 1.165) is 22.7 Å². The molecule has 2 aromatic rings. The maximum absolute atomic E-state index is 4.16. The zero-order valence-electron chi connectivity index (χ0n) is 6.92. The molecule has 2 aromatic heterocycles. The minimum absolute atomic E-state index is 0. The molecule has 0 unspecified atom stereocenters. The molecule has 2 rings (SSSR count). The van der Waals surface area contributed by atoms with Crippen LogP contribution in [0.1, 0.15) is 11.5 Å². The van der Waals surface area contributed by atoms with Gasteiger partial charge in [0.15, 0.2) is 0 Å². The third kappa shape index (κ3) is 1.54. The molecular weight excluding hydrogens is 229 g/mol. The molecule has 5 heteroatoms. The Bertz CT molecular complexity index is 395. The van der Waals surface area contributed by atoms with Crippen molar-refractivity contribution in [2.75, 3.05) is 0 Å². The summed E-state index contributed by atoms with van der Waals surface area (Å²) in [5.74, 6) is 0.757. The van der Waals surface area contributed by atoms with Crippen molar-refractivity contribution in [2.24, 2.45) is 0 Å². The van der Waals surface area contributed by atoms with Crippen molar-refractivity contribution in [1.82, 2.24) is 19.9 Å². The van der Waals surface area contributed by atoms with E-state index in [0.29, 0.717) is 0 Å². The van der Waals surface area contributed by atoms with Gasteiger partial charge in [-0.1, -0.05) is 0 Å². The zero-order valence-corrected chi connectivity index (χ0v) is 9.76. The van der Waals surface area contributed by atoms with E-state index >= 15 is 0 Å². The third-order valence-corrected chi connectivity index (χ3v) is 1.51. The summed E-state index contributed by atoms with van der Waals surface area (Å²) in [7, 11) is 0. The van der Waals surface area contributed by atoms with Gasteiger partial charge in [0, 0.05) is 44.1 Å². The molecule has 0 amide bonds. The first-order valence-electron chi connectivity index (χ1n) is 3.34. The number of nitrogens with one attached hydrogen (secondary N) is 1. The number of hydrogen-bond acceptors (Lipinski definition) is 3. The van der Waals surface area contributed by atoms with Gasteiger partial charge in [0.25, 0.3) is 0 Å². The van der Waals surface area contributed by atoms with Crippen LogP contribution in [0.2, 0.25) is 0 Å². The minimum Gasteiger partial charge on any atom is -0.446 e. The van der Waals surface area contributed by atoms with Gasteiger partial charge in [-0.25, -0.2) is 0 Å². The van der Waals surface area contributed by atoms with Crippen LogP contribution in [0, 0.1) is 20.2 Å². The molecule has 0 aliphatic rings. The van der Waals surface area contributed by atoms with Crippen LogP contribution in [-0.2, 0) is 32.7 Å². The quantitative estimate of drug-likeness (QED) is 0.687. The number of fused-ring (bicyclic) bond motifs is 1. The first-order valence-corrected chi connectivity index (χ1v) is 3.34. The van der Waals surface area contributed by atoms with Gasteiger partial charge in [-0.15, -0.1) is 0 Å². The van der Waals surface area contributed by atoms with Crippen molar-refractivity contribution in [1.29, 1.82) is 0 Å². The number of imidazole rings is 1. The van der Waals surface area contributed by atoms with Crippen LogP contribution in [-0.4, -0.2) is 19.9 Å². The fraction of sp³-hybridized carbons (Fsp3) is 0.286. The van der Waals surface area contributed by atoms with Crippen molar-refractivity contribution in [3.05, 3.63) is 17.8 Å². The Kier molecular flexibility index (Phi) is 2.91. The number of hydrogen-bond donors (Lipinski definition) is 1. The maximum Gasteiger partial charge on any atom is 0.112 e. The van der Waals surface area contributed by atoms with Crippen molar-refractivity contribution in [3.63, 3.8) is 0 Å². The molecule has 1 radical (unpaired) electrons. The molecule has 0 aliphatic heterocycles. The van der Waals surface area contributed by atoms with E-state index in [2.05, 4.69) is 26.3 Å². The summed E-state index contributed by atoms with van der Waals surface area (Å²) in [6, 6.07) is 0. The third-order valence-electron chi connectivity index (χ3n) is 1.51. The average Bonchev–Trinajstić information content (AvgIpc) is 2.34. The summed E-state index contributed by atoms with van der Waals surface area (Å²) in [5, 5.41) is 0. The monoisotopic (exact) mass is 236 g/mol. The fourth-order valence-electron chi connectivity index (χ4n) is 1.06. The SMILES string of the molecule is Cc1nc(C)c2n[c-][nH]c2n1.[Y]. The van der Waals surface area contributed by atoms with E-state index in [1.54, 1.807) is 0 Å².